The highest BCUT2D eigenvalue weighted by molar-refractivity contribution is 8.00. The lowest BCUT2D eigenvalue weighted by atomic mass is 9.99. The molecule has 0 amide bonds. The van der Waals surface area contributed by atoms with Gasteiger partial charge in [0.15, 0.2) is 5.96 Å². The number of thioether (sulfide) groups is 1. The smallest absolute Gasteiger partial charge is 0.191 e. The van der Waals surface area contributed by atoms with Crippen LogP contribution in [0.25, 0.3) is 0 Å². The van der Waals surface area contributed by atoms with Crippen molar-refractivity contribution in [1.82, 2.24) is 15.5 Å². The minimum absolute atomic E-state index is 0.262. The van der Waals surface area contributed by atoms with Crippen LogP contribution in [-0.2, 0) is 11.3 Å². The number of aliphatic imine (C=N–C) groups is 1. The Hall–Kier alpha value is -1.24. The normalized spacial score (nSPS) is 26.1. The molecule has 5 nitrogen and oxygen atoms in total. The van der Waals surface area contributed by atoms with Crippen molar-refractivity contribution in [3.8, 4) is 0 Å². The molecule has 150 valence electrons. The fraction of sp³-hybridized carbons (Fsp3) is 0.667. The lowest BCUT2D eigenvalue weighted by Crippen LogP contribution is -2.50. The molecule has 0 radical (unpaired) electrons. The molecule has 0 saturated carbocycles. The third-order valence-corrected chi connectivity index (χ3v) is 7.33. The molecule has 2 saturated heterocycles. The van der Waals surface area contributed by atoms with E-state index in [2.05, 4.69) is 64.0 Å². The molecule has 2 atom stereocenters. The van der Waals surface area contributed by atoms with E-state index in [1.165, 1.54) is 5.56 Å². The van der Waals surface area contributed by atoms with Gasteiger partial charge in [0.2, 0.25) is 0 Å². The Morgan fingerprint density at radius 3 is 2.70 bits per heavy atom. The SMILES string of the molecule is CN=C(NCC1(SC)CCOCC1)NC1CC(C)N(Cc2ccccc2)C1. The van der Waals surface area contributed by atoms with E-state index in [1.54, 1.807) is 0 Å². The number of guanidine groups is 1. The van der Waals surface area contributed by atoms with Crippen molar-refractivity contribution in [3.05, 3.63) is 35.9 Å². The predicted octanol–water partition coefficient (Wildman–Crippen LogP) is 2.73. The molecule has 2 aliphatic rings. The van der Waals surface area contributed by atoms with Gasteiger partial charge in [-0.05, 0) is 38.0 Å². The number of hydrogen-bond acceptors (Lipinski definition) is 4. The zero-order chi connectivity index (χ0) is 19.1. The Bertz CT molecular complexity index is 603. The summed E-state index contributed by atoms with van der Waals surface area (Å²) >= 11 is 1.96. The molecule has 0 spiro atoms. The van der Waals surface area contributed by atoms with Crippen LogP contribution in [-0.4, -0.2) is 67.3 Å². The molecule has 27 heavy (non-hydrogen) atoms. The number of benzene rings is 1. The number of nitrogens with one attached hydrogen (secondary N) is 2. The second-order valence-corrected chi connectivity index (χ2v) is 9.04. The Balaban J connectivity index is 1.49. The fourth-order valence-corrected chi connectivity index (χ4v) is 4.86. The summed E-state index contributed by atoms with van der Waals surface area (Å²) in [5.74, 6) is 0.925. The van der Waals surface area contributed by atoms with Gasteiger partial charge in [0.25, 0.3) is 0 Å². The van der Waals surface area contributed by atoms with Gasteiger partial charge in [0, 0.05) is 56.7 Å². The van der Waals surface area contributed by atoms with Crippen LogP contribution < -0.4 is 10.6 Å². The fourth-order valence-electron chi connectivity index (χ4n) is 4.07. The molecule has 2 N–H and O–H groups in total. The molecule has 1 aromatic carbocycles. The molecule has 6 heteroatoms. The van der Waals surface area contributed by atoms with Crippen molar-refractivity contribution >= 4 is 17.7 Å². The van der Waals surface area contributed by atoms with E-state index in [9.17, 15) is 0 Å². The second kappa shape index (κ2) is 9.80. The van der Waals surface area contributed by atoms with Crippen LogP contribution in [0.2, 0.25) is 0 Å². The lowest BCUT2D eigenvalue weighted by Gasteiger charge is -2.36. The first-order valence-electron chi connectivity index (χ1n) is 10.0. The predicted molar refractivity (Wildman–Crippen MR) is 116 cm³/mol. The zero-order valence-electron chi connectivity index (χ0n) is 16.9. The van der Waals surface area contributed by atoms with Crippen molar-refractivity contribution in [1.29, 1.82) is 0 Å². The van der Waals surface area contributed by atoms with Gasteiger partial charge < -0.3 is 15.4 Å². The number of ether oxygens (including phenoxy) is 1. The largest absolute Gasteiger partial charge is 0.381 e. The van der Waals surface area contributed by atoms with Crippen molar-refractivity contribution in [3.63, 3.8) is 0 Å². The van der Waals surface area contributed by atoms with E-state index < -0.39 is 0 Å². The minimum Gasteiger partial charge on any atom is -0.381 e. The first-order valence-corrected chi connectivity index (χ1v) is 11.2. The monoisotopic (exact) mass is 390 g/mol. The van der Waals surface area contributed by atoms with Crippen LogP contribution in [0.15, 0.2) is 35.3 Å². The molecule has 0 bridgehead atoms. The van der Waals surface area contributed by atoms with Crippen molar-refractivity contribution < 1.29 is 4.74 Å². The lowest BCUT2D eigenvalue weighted by molar-refractivity contribution is 0.0782. The minimum atomic E-state index is 0.262. The third-order valence-electron chi connectivity index (χ3n) is 5.91. The Morgan fingerprint density at radius 2 is 2.04 bits per heavy atom. The van der Waals surface area contributed by atoms with Crippen LogP contribution in [0.5, 0.6) is 0 Å². The summed E-state index contributed by atoms with van der Waals surface area (Å²) in [4.78, 5) is 7.03. The summed E-state index contributed by atoms with van der Waals surface area (Å²) in [6.45, 7) is 7.06. The summed E-state index contributed by atoms with van der Waals surface area (Å²) in [5, 5.41) is 7.23. The zero-order valence-corrected chi connectivity index (χ0v) is 17.7. The Kier molecular flexibility index (Phi) is 7.44. The van der Waals surface area contributed by atoms with Crippen LogP contribution in [0.1, 0.15) is 31.7 Å². The van der Waals surface area contributed by atoms with Crippen LogP contribution in [0.4, 0.5) is 0 Å². The van der Waals surface area contributed by atoms with Crippen LogP contribution >= 0.6 is 11.8 Å². The maximum atomic E-state index is 5.55. The topological polar surface area (TPSA) is 48.9 Å². The standard InChI is InChI=1S/C21H34N4OS/c1-17-13-19(15-25(17)14-18-7-5-4-6-8-18)24-20(22-2)23-16-21(27-3)9-11-26-12-10-21/h4-8,17,19H,9-16H2,1-3H3,(H2,22,23,24). The van der Waals surface area contributed by atoms with Crippen molar-refractivity contribution in [2.75, 3.05) is 39.6 Å². The quantitative estimate of drug-likeness (QED) is 0.578. The van der Waals surface area contributed by atoms with Gasteiger partial charge in [0.05, 0.1) is 0 Å². The van der Waals surface area contributed by atoms with Gasteiger partial charge in [-0.25, -0.2) is 0 Å². The summed E-state index contributed by atoms with van der Waals surface area (Å²) < 4.78 is 5.81. The maximum absolute atomic E-state index is 5.55. The summed E-state index contributed by atoms with van der Waals surface area (Å²) in [6, 6.07) is 11.8. The first-order chi connectivity index (χ1) is 13.1. The average molecular weight is 391 g/mol. The van der Waals surface area contributed by atoms with Gasteiger partial charge >= 0.3 is 0 Å². The van der Waals surface area contributed by atoms with Crippen LogP contribution in [0.3, 0.4) is 0 Å². The molecule has 2 fully saturated rings. The number of hydrogen-bond donors (Lipinski definition) is 2. The summed E-state index contributed by atoms with van der Waals surface area (Å²) in [7, 11) is 1.87. The van der Waals surface area contributed by atoms with E-state index in [0.717, 1.165) is 58.1 Å². The highest BCUT2D eigenvalue weighted by Gasteiger charge is 2.33. The summed E-state index contributed by atoms with van der Waals surface area (Å²) in [5.41, 5.74) is 1.38. The van der Waals surface area contributed by atoms with E-state index in [-0.39, 0.29) is 4.75 Å². The van der Waals surface area contributed by atoms with Gasteiger partial charge in [-0.1, -0.05) is 30.3 Å². The molecular weight excluding hydrogens is 356 g/mol. The Morgan fingerprint density at radius 1 is 1.30 bits per heavy atom. The van der Waals surface area contributed by atoms with Crippen molar-refractivity contribution in [2.45, 2.75) is 49.6 Å². The van der Waals surface area contributed by atoms with E-state index in [1.807, 2.05) is 18.8 Å². The van der Waals surface area contributed by atoms with Crippen LogP contribution in [0, 0.1) is 0 Å². The summed E-state index contributed by atoms with van der Waals surface area (Å²) in [6.07, 6.45) is 5.56. The molecule has 0 aliphatic carbocycles. The highest BCUT2D eigenvalue weighted by Crippen LogP contribution is 2.33. The molecular formula is C21H34N4OS. The number of likely N-dealkylation sites (tertiary alicyclic amines) is 1. The highest BCUT2D eigenvalue weighted by atomic mass is 32.2. The molecule has 0 aromatic heterocycles. The average Bonchev–Trinajstić information content (AvgIpc) is 3.05. The first kappa shape index (κ1) is 20.5. The molecule has 1 aromatic rings. The van der Waals surface area contributed by atoms with Gasteiger partial charge in [-0.15, -0.1) is 0 Å². The molecule has 2 aliphatic heterocycles. The van der Waals surface area contributed by atoms with E-state index in [4.69, 9.17) is 4.74 Å². The van der Waals surface area contributed by atoms with Gasteiger partial charge in [0.1, 0.15) is 0 Å². The maximum Gasteiger partial charge on any atom is 0.191 e. The Labute approximate surface area is 168 Å². The molecule has 2 heterocycles. The van der Waals surface area contributed by atoms with Gasteiger partial charge in [-0.3, -0.25) is 9.89 Å². The van der Waals surface area contributed by atoms with E-state index in [0.29, 0.717) is 12.1 Å². The molecule has 2 unspecified atom stereocenters. The molecule has 3 rings (SSSR count). The van der Waals surface area contributed by atoms with E-state index >= 15 is 0 Å². The van der Waals surface area contributed by atoms with Gasteiger partial charge in [-0.2, -0.15) is 11.8 Å². The van der Waals surface area contributed by atoms with Crippen molar-refractivity contribution in [2.24, 2.45) is 4.99 Å². The number of nitrogens with zero attached hydrogens (tertiary/aromatic N) is 2. The number of rotatable bonds is 6. The third kappa shape index (κ3) is 5.62. The second-order valence-electron chi connectivity index (χ2n) is 7.77.